The lowest BCUT2D eigenvalue weighted by Gasteiger charge is -1.93. The van der Waals surface area contributed by atoms with Crippen LogP contribution in [0.5, 0.6) is 0 Å². The van der Waals surface area contributed by atoms with E-state index in [9.17, 15) is 0 Å². The van der Waals surface area contributed by atoms with Crippen LogP contribution in [0, 0.1) is 0 Å². The number of nitrogen functional groups attached to an aromatic ring is 1. The lowest BCUT2D eigenvalue weighted by molar-refractivity contribution is 1.14. The molecule has 0 aliphatic carbocycles. The van der Waals surface area contributed by atoms with Crippen LogP contribution < -0.4 is 5.73 Å². The first-order valence-corrected chi connectivity index (χ1v) is 3.81. The number of pyridine rings is 1. The van der Waals surface area contributed by atoms with Crippen molar-refractivity contribution in [2.75, 3.05) is 12.0 Å². The molecule has 0 fully saturated rings. The Labute approximate surface area is 58.5 Å². The van der Waals surface area contributed by atoms with Gasteiger partial charge in [-0.05, 0) is 18.4 Å². The minimum absolute atomic E-state index is 0.773. The van der Waals surface area contributed by atoms with Crippen molar-refractivity contribution >= 4 is 17.4 Å². The zero-order valence-corrected chi connectivity index (χ0v) is 5.98. The van der Waals surface area contributed by atoms with Crippen LogP contribution in [-0.4, -0.2) is 11.2 Å². The van der Waals surface area contributed by atoms with Crippen LogP contribution in [0.25, 0.3) is 0 Å². The molecule has 1 aromatic rings. The fourth-order valence-electron chi connectivity index (χ4n) is 0.536. The van der Waals surface area contributed by atoms with Crippen molar-refractivity contribution in [1.82, 2.24) is 4.98 Å². The molecule has 0 aliphatic rings. The molecule has 9 heavy (non-hydrogen) atoms. The fraction of sp³-hybridized carbons (Fsp3) is 0.167. The molecule has 0 saturated carbocycles. The Morgan fingerprint density at radius 3 is 2.89 bits per heavy atom. The lowest BCUT2D eigenvalue weighted by Crippen LogP contribution is -1.85. The third-order valence-electron chi connectivity index (χ3n) is 0.968. The molecule has 1 aromatic heterocycles. The van der Waals surface area contributed by atoms with E-state index in [4.69, 9.17) is 5.73 Å². The molecule has 0 atom stereocenters. The summed E-state index contributed by atoms with van der Waals surface area (Å²) in [5.74, 6) is 0. The monoisotopic (exact) mass is 140 g/mol. The highest BCUT2D eigenvalue weighted by atomic mass is 32.2. The van der Waals surface area contributed by atoms with Gasteiger partial charge in [0, 0.05) is 11.9 Å². The minimum atomic E-state index is 0.773. The first kappa shape index (κ1) is 6.42. The molecule has 0 saturated heterocycles. The largest absolute Gasteiger partial charge is 0.399 e. The predicted molar refractivity (Wildman–Crippen MR) is 40.4 cm³/mol. The maximum Gasteiger partial charge on any atom is 0.0977 e. The number of anilines is 1. The van der Waals surface area contributed by atoms with Gasteiger partial charge in [0.1, 0.15) is 0 Å². The lowest BCUT2D eigenvalue weighted by atomic mass is 10.4. The highest BCUT2D eigenvalue weighted by Crippen LogP contribution is 2.12. The average molecular weight is 140 g/mol. The Morgan fingerprint density at radius 2 is 2.44 bits per heavy atom. The van der Waals surface area contributed by atoms with E-state index in [1.807, 2.05) is 12.3 Å². The Bertz CT molecular complexity index is 200. The second-order valence-electron chi connectivity index (χ2n) is 1.63. The molecular formula is C6H8N2S. The molecule has 0 bridgehead atoms. The normalized spacial score (nSPS) is 9.44. The van der Waals surface area contributed by atoms with Crippen LogP contribution in [0.2, 0.25) is 0 Å². The maximum absolute atomic E-state index is 5.48. The average Bonchev–Trinajstić information content (AvgIpc) is 1.88. The molecule has 0 radical (unpaired) electrons. The molecule has 1 heterocycles. The Hall–Kier alpha value is -0.700. The van der Waals surface area contributed by atoms with E-state index in [2.05, 4.69) is 4.98 Å². The summed E-state index contributed by atoms with van der Waals surface area (Å²) in [7, 11) is 0. The molecule has 0 aromatic carbocycles. The van der Waals surface area contributed by atoms with Crippen molar-refractivity contribution in [2.45, 2.75) is 5.03 Å². The number of thioether (sulfide) groups is 1. The molecule has 0 unspecified atom stereocenters. The topological polar surface area (TPSA) is 38.9 Å². The van der Waals surface area contributed by atoms with Crippen LogP contribution in [0.1, 0.15) is 0 Å². The smallest absolute Gasteiger partial charge is 0.0977 e. The maximum atomic E-state index is 5.48. The first-order valence-electron chi connectivity index (χ1n) is 2.58. The van der Waals surface area contributed by atoms with Crippen molar-refractivity contribution in [3.05, 3.63) is 18.3 Å². The molecule has 0 aliphatic heterocycles. The van der Waals surface area contributed by atoms with E-state index in [0.29, 0.717) is 0 Å². The number of nitrogens with two attached hydrogens (primary N) is 1. The summed E-state index contributed by atoms with van der Waals surface area (Å²) in [5.41, 5.74) is 6.25. The van der Waals surface area contributed by atoms with Crippen molar-refractivity contribution in [2.24, 2.45) is 0 Å². The van der Waals surface area contributed by atoms with Gasteiger partial charge in [0.25, 0.3) is 0 Å². The quantitative estimate of drug-likeness (QED) is 0.599. The van der Waals surface area contributed by atoms with E-state index < -0.39 is 0 Å². The molecule has 0 amide bonds. The molecule has 48 valence electrons. The molecular weight excluding hydrogens is 132 g/mol. The van der Waals surface area contributed by atoms with E-state index in [1.165, 1.54) is 0 Å². The molecule has 3 heteroatoms. The summed E-state index contributed by atoms with van der Waals surface area (Å²) in [6.45, 7) is 0. The number of rotatable bonds is 1. The predicted octanol–water partition coefficient (Wildman–Crippen LogP) is 1.39. The van der Waals surface area contributed by atoms with Gasteiger partial charge in [0.2, 0.25) is 0 Å². The second-order valence-corrected chi connectivity index (χ2v) is 2.46. The van der Waals surface area contributed by atoms with Gasteiger partial charge in [-0.25, -0.2) is 4.98 Å². The van der Waals surface area contributed by atoms with Gasteiger partial charge in [-0.1, -0.05) is 0 Å². The molecule has 1 rings (SSSR count). The Balaban J connectivity index is 2.94. The number of aromatic nitrogens is 1. The fourth-order valence-corrected chi connectivity index (χ4v) is 0.957. The third-order valence-corrected chi connectivity index (χ3v) is 1.61. The SMILES string of the molecule is CSc1cc(N)ccn1. The van der Waals surface area contributed by atoms with Crippen molar-refractivity contribution < 1.29 is 0 Å². The zero-order valence-electron chi connectivity index (χ0n) is 5.16. The Kier molecular flexibility index (Phi) is 1.95. The van der Waals surface area contributed by atoms with Crippen molar-refractivity contribution in [1.29, 1.82) is 0 Å². The van der Waals surface area contributed by atoms with Crippen molar-refractivity contribution in [3.63, 3.8) is 0 Å². The molecule has 2 N–H and O–H groups in total. The minimum Gasteiger partial charge on any atom is -0.399 e. The van der Waals surface area contributed by atoms with E-state index in [-0.39, 0.29) is 0 Å². The molecule has 2 nitrogen and oxygen atoms in total. The van der Waals surface area contributed by atoms with E-state index in [0.717, 1.165) is 10.7 Å². The summed E-state index contributed by atoms with van der Waals surface area (Å²) in [6.07, 6.45) is 3.68. The van der Waals surface area contributed by atoms with Gasteiger partial charge in [0.15, 0.2) is 0 Å². The second kappa shape index (κ2) is 2.73. The number of nitrogens with zero attached hydrogens (tertiary/aromatic N) is 1. The van der Waals surface area contributed by atoms with E-state index >= 15 is 0 Å². The van der Waals surface area contributed by atoms with Crippen molar-refractivity contribution in [3.8, 4) is 0 Å². The van der Waals surface area contributed by atoms with Gasteiger partial charge in [-0.3, -0.25) is 0 Å². The third kappa shape index (κ3) is 1.61. The van der Waals surface area contributed by atoms with Gasteiger partial charge in [0.05, 0.1) is 5.03 Å². The first-order chi connectivity index (χ1) is 4.33. The Morgan fingerprint density at radius 1 is 1.67 bits per heavy atom. The summed E-state index contributed by atoms with van der Waals surface area (Å²) >= 11 is 1.59. The van der Waals surface area contributed by atoms with E-state index in [1.54, 1.807) is 24.0 Å². The van der Waals surface area contributed by atoms with Crippen LogP contribution in [0.15, 0.2) is 23.4 Å². The van der Waals surface area contributed by atoms with Gasteiger partial charge in [-0.15, -0.1) is 11.8 Å². The van der Waals surface area contributed by atoms with Crippen LogP contribution in [0.3, 0.4) is 0 Å². The summed E-state index contributed by atoms with van der Waals surface area (Å²) in [6, 6.07) is 3.63. The highest BCUT2D eigenvalue weighted by molar-refractivity contribution is 7.98. The number of hydrogen-bond donors (Lipinski definition) is 1. The zero-order chi connectivity index (χ0) is 6.69. The standard InChI is InChI=1S/C6H8N2S/c1-9-6-4-5(7)2-3-8-6/h2-4H,1H3,(H2,7,8). The van der Waals surface area contributed by atoms with Crippen LogP contribution in [0.4, 0.5) is 5.69 Å². The number of hydrogen-bond acceptors (Lipinski definition) is 3. The summed E-state index contributed by atoms with van der Waals surface area (Å²) in [5, 5.41) is 0.968. The molecule has 0 spiro atoms. The summed E-state index contributed by atoms with van der Waals surface area (Å²) < 4.78 is 0. The van der Waals surface area contributed by atoms with Gasteiger partial charge < -0.3 is 5.73 Å². The van der Waals surface area contributed by atoms with Crippen LogP contribution >= 0.6 is 11.8 Å². The highest BCUT2D eigenvalue weighted by Gasteiger charge is 1.88. The van der Waals surface area contributed by atoms with Gasteiger partial charge >= 0.3 is 0 Å². The summed E-state index contributed by atoms with van der Waals surface area (Å²) in [4.78, 5) is 4.04. The van der Waals surface area contributed by atoms with Gasteiger partial charge in [-0.2, -0.15) is 0 Å². The van der Waals surface area contributed by atoms with Crippen LogP contribution in [-0.2, 0) is 0 Å².